The van der Waals surface area contributed by atoms with Crippen LogP contribution in [0.25, 0.3) is 0 Å². The van der Waals surface area contributed by atoms with Crippen molar-refractivity contribution in [1.29, 1.82) is 0 Å². The summed E-state index contributed by atoms with van der Waals surface area (Å²) in [6.07, 6.45) is 3.67. The van der Waals surface area contributed by atoms with Crippen molar-refractivity contribution in [2.75, 3.05) is 18.0 Å². The number of benzene rings is 1. The summed E-state index contributed by atoms with van der Waals surface area (Å²) in [5.41, 5.74) is 3.19. The molecule has 2 heteroatoms. The first-order valence-electron chi connectivity index (χ1n) is 7.63. The standard InChI is InChI=1S/C17H28N2/c1-5-17(3,4)18-13-14(2)19-12-8-10-15-9-6-7-11-16(15)19/h6-7,9,11,14,18H,5,8,10,12-13H2,1-4H3. The summed E-state index contributed by atoms with van der Waals surface area (Å²) in [7, 11) is 0. The lowest BCUT2D eigenvalue weighted by Crippen LogP contribution is -2.48. The van der Waals surface area contributed by atoms with E-state index in [0.29, 0.717) is 6.04 Å². The fraction of sp³-hybridized carbons (Fsp3) is 0.647. The molecule has 2 nitrogen and oxygen atoms in total. The van der Waals surface area contributed by atoms with Crippen molar-refractivity contribution in [2.45, 2.75) is 58.5 Å². The van der Waals surface area contributed by atoms with Crippen LogP contribution in [0.2, 0.25) is 0 Å². The van der Waals surface area contributed by atoms with Crippen molar-refractivity contribution in [3.63, 3.8) is 0 Å². The highest BCUT2D eigenvalue weighted by atomic mass is 15.2. The molecule has 1 aromatic rings. The van der Waals surface area contributed by atoms with Gasteiger partial charge >= 0.3 is 0 Å². The smallest absolute Gasteiger partial charge is 0.0401 e. The summed E-state index contributed by atoms with van der Waals surface area (Å²) in [4.78, 5) is 2.57. The van der Waals surface area contributed by atoms with Crippen LogP contribution in [0.4, 0.5) is 5.69 Å². The van der Waals surface area contributed by atoms with Gasteiger partial charge in [0.1, 0.15) is 0 Å². The van der Waals surface area contributed by atoms with Gasteiger partial charge in [-0.1, -0.05) is 25.1 Å². The van der Waals surface area contributed by atoms with Gasteiger partial charge in [-0.25, -0.2) is 0 Å². The van der Waals surface area contributed by atoms with Gasteiger partial charge < -0.3 is 10.2 Å². The quantitative estimate of drug-likeness (QED) is 0.870. The van der Waals surface area contributed by atoms with Crippen LogP contribution in [-0.2, 0) is 6.42 Å². The van der Waals surface area contributed by atoms with E-state index < -0.39 is 0 Å². The second kappa shape index (κ2) is 5.96. The second-order valence-corrected chi connectivity index (χ2v) is 6.39. The van der Waals surface area contributed by atoms with E-state index in [1.165, 1.54) is 30.6 Å². The molecule has 1 aliphatic heterocycles. The zero-order valence-corrected chi connectivity index (χ0v) is 12.9. The molecule has 2 rings (SSSR count). The molecule has 0 fully saturated rings. The molecule has 1 unspecified atom stereocenters. The Hall–Kier alpha value is -1.02. The number of aryl methyl sites for hydroxylation is 1. The van der Waals surface area contributed by atoms with Crippen molar-refractivity contribution in [1.82, 2.24) is 5.32 Å². The van der Waals surface area contributed by atoms with Gasteiger partial charge in [-0.2, -0.15) is 0 Å². The monoisotopic (exact) mass is 260 g/mol. The van der Waals surface area contributed by atoms with E-state index >= 15 is 0 Å². The highest BCUT2D eigenvalue weighted by Gasteiger charge is 2.22. The molecule has 0 radical (unpaired) electrons. The first-order chi connectivity index (χ1) is 9.03. The maximum absolute atomic E-state index is 3.69. The molecule has 1 heterocycles. The van der Waals surface area contributed by atoms with Crippen LogP contribution < -0.4 is 10.2 Å². The highest BCUT2D eigenvalue weighted by molar-refractivity contribution is 5.56. The maximum Gasteiger partial charge on any atom is 0.0401 e. The largest absolute Gasteiger partial charge is 0.367 e. The molecule has 1 atom stereocenters. The zero-order chi connectivity index (χ0) is 13.9. The number of anilines is 1. The van der Waals surface area contributed by atoms with Crippen LogP contribution in [0.15, 0.2) is 24.3 Å². The van der Waals surface area contributed by atoms with Gasteiger partial charge in [0.2, 0.25) is 0 Å². The van der Waals surface area contributed by atoms with Gasteiger partial charge in [0.25, 0.3) is 0 Å². The van der Waals surface area contributed by atoms with Crippen LogP contribution in [0, 0.1) is 0 Å². The van der Waals surface area contributed by atoms with Crippen molar-refractivity contribution in [2.24, 2.45) is 0 Å². The Labute approximate surface area is 118 Å². The Kier molecular flexibility index (Phi) is 4.51. The Morgan fingerprint density at radius 2 is 2.05 bits per heavy atom. The Morgan fingerprint density at radius 3 is 2.79 bits per heavy atom. The summed E-state index contributed by atoms with van der Waals surface area (Å²) in [5.74, 6) is 0. The zero-order valence-electron chi connectivity index (χ0n) is 12.9. The molecule has 19 heavy (non-hydrogen) atoms. The van der Waals surface area contributed by atoms with Crippen molar-refractivity contribution in [3.05, 3.63) is 29.8 Å². The van der Waals surface area contributed by atoms with E-state index in [-0.39, 0.29) is 5.54 Å². The lowest BCUT2D eigenvalue weighted by Gasteiger charge is -2.38. The summed E-state index contributed by atoms with van der Waals surface area (Å²) in [6.45, 7) is 11.4. The molecule has 0 aromatic heterocycles. The fourth-order valence-corrected chi connectivity index (χ4v) is 2.68. The van der Waals surface area contributed by atoms with E-state index in [2.05, 4.69) is 62.2 Å². The summed E-state index contributed by atoms with van der Waals surface area (Å²) in [5, 5.41) is 3.69. The highest BCUT2D eigenvalue weighted by Crippen LogP contribution is 2.28. The second-order valence-electron chi connectivity index (χ2n) is 6.39. The predicted octanol–water partition coefficient (Wildman–Crippen LogP) is 3.61. The van der Waals surface area contributed by atoms with Crippen molar-refractivity contribution < 1.29 is 0 Å². The summed E-state index contributed by atoms with van der Waals surface area (Å²) in [6, 6.07) is 9.42. The Bertz CT molecular complexity index is 411. The van der Waals surface area contributed by atoms with Gasteiger partial charge in [0.15, 0.2) is 0 Å². The Balaban J connectivity index is 2.03. The van der Waals surface area contributed by atoms with Crippen molar-refractivity contribution >= 4 is 5.69 Å². The van der Waals surface area contributed by atoms with Gasteiger partial charge in [-0.15, -0.1) is 0 Å². The molecule has 1 aromatic carbocycles. The molecule has 0 saturated heterocycles. The number of hydrogen-bond donors (Lipinski definition) is 1. The summed E-state index contributed by atoms with van der Waals surface area (Å²) < 4.78 is 0. The molecule has 0 amide bonds. The van der Waals surface area contributed by atoms with Gasteiger partial charge in [0.05, 0.1) is 0 Å². The van der Waals surface area contributed by atoms with Gasteiger partial charge in [-0.3, -0.25) is 0 Å². The molecule has 1 N–H and O–H groups in total. The van der Waals surface area contributed by atoms with Crippen LogP contribution in [0.5, 0.6) is 0 Å². The predicted molar refractivity (Wildman–Crippen MR) is 83.9 cm³/mol. The average Bonchev–Trinajstić information content (AvgIpc) is 2.44. The number of rotatable bonds is 5. The number of fused-ring (bicyclic) bond motifs is 1. The minimum Gasteiger partial charge on any atom is -0.367 e. The summed E-state index contributed by atoms with van der Waals surface area (Å²) >= 11 is 0. The van der Waals surface area contributed by atoms with Crippen molar-refractivity contribution in [3.8, 4) is 0 Å². The SMILES string of the molecule is CCC(C)(C)NCC(C)N1CCCc2ccccc21. The Morgan fingerprint density at radius 1 is 1.32 bits per heavy atom. The van der Waals surface area contributed by atoms with Crippen LogP contribution >= 0.6 is 0 Å². The first-order valence-corrected chi connectivity index (χ1v) is 7.63. The van der Waals surface area contributed by atoms with Crippen LogP contribution in [-0.4, -0.2) is 24.7 Å². The van der Waals surface area contributed by atoms with Gasteiger partial charge in [-0.05, 0) is 51.7 Å². The molecule has 0 bridgehead atoms. The van der Waals surface area contributed by atoms with E-state index in [9.17, 15) is 0 Å². The number of hydrogen-bond acceptors (Lipinski definition) is 2. The molecular weight excluding hydrogens is 232 g/mol. The lowest BCUT2D eigenvalue weighted by atomic mass is 9.99. The van der Waals surface area contributed by atoms with E-state index in [1.54, 1.807) is 0 Å². The van der Waals surface area contributed by atoms with E-state index in [4.69, 9.17) is 0 Å². The number of nitrogens with one attached hydrogen (secondary N) is 1. The van der Waals surface area contributed by atoms with E-state index in [0.717, 1.165) is 13.0 Å². The molecule has 1 aliphatic rings. The topological polar surface area (TPSA) is 15.3 Å². The minimum atomic E-state index is 0.240. The normalized spacial score (nSPS) is 17.2. The molecule has 0 spiro atoms. The van der Waals surface area contributed by atoms with E-state index in [1.807, 2.05) is 0 Å². The third-order valence-electron chi connectivity index (χ3n) is 4.44. The molecule has 106 valence electrons. The molecule has 0 saturated carbocycles. The maximum atomic E-state index is 3.69. The minimum absolute atomic E-state index is 0.240. The number of para-hydroxylation sites is 1. The average molecular weight is 260 g/mol. The number of nitrogens with zero attached hydrogens (tertiary/aromatic N) is 1. The van der Waals surface area contributed by atoms with Crippen LogP contribution in [0.3, 0.4) is 0 Å². The third kappa shape index (κ3) is 3.50. The first kappa shape index (κ1) is 14.4. The molecular formula is C17H28N2. The fourth-order valence-electron chi connectivity index (χ4n) is 2.68. The molecule has 0 aliphatic carbocycles. The van der Waals surface area contributed by atoms with Gasteiger partial charge in [0, 0.05) is 30.4 Å². The van der Waals surface area contributed by atoms with Crippen LogP contribution in [0.1, 0.15) is 46.1 Å². The lowest BCUT2D eigenvalue weighted by molar-refractivity contribution is 0.361. The third-order valence-corrected chi connectivity index (χ3v) is 4.44.